The van der Waals surface area contributed by atoms with Gasteiger partial charge < -0.3 is 16.4 Å². The highest BCUT2D eigenvalue weighted by atomic mass is 16.2. The molecular formula is C17H19N3O2. The molecule has 2 aromatic rings. The van der Waals surface area contributed by atoms with Crippen molar-refractivity contribution in [2.24, 2.45) is 5.73 Å². The van der Waals surface area contributed by atoms with E-state index in [-0.39, 0.29) is 18.5 Å². The molecule has 114 valence electrons. The second kappa shape index (κ2) is 7.38. The van der Waals surface area contributed by atoms with E-state index in [2.05, 4.69) is 10.6 Å². The van der Waals surface area contributed by atoms with Crippen LogP contribution in [0.1, 0.15) is 28.9 Å². The Labute approximate surface area is 129 Å². The fourth-order valence-electron chi connectivity index (χ4n) is 2.03. The number of primary amides is 1. The normalized spacial score (nSPS) is 11.7. The van der Waals surface area contributed by atoms with E-state index in [1.54, 1.807) is 24.3 Å². The van der Waals surface area contributed by atoms with Crippen molar-refractivity contribution in [2.75, 3.05) is 11.9 Å². The molecule has 0 heterocycles. The number of hydrogen-bond acceptors (Lipinski definition) is 3. The van der Waals surface area contributed by atoms with Gasteiger partial charge in [0, 0.05) is 17.3 Å². The van der Waals surface area contributed by atoms with Crippen LogP contribution in [0.3, 0.4) is 0 Å². The van der Waals surface area contributed by atoms with Crippen molar-refractivity contribution in [1.29, 1.82) is 0 Å². The first-order chi connectivity index (χ1) is 10.6. The first-order valence-electron chi connectivity index (χ1n) is 7.04. The lowest BCUT2D eigenvalue weighted by Crippen LogP contribution is -2.30. The first-order valence-corrected chi connectivity index (χ1v) is 7.04. The number of anilines is 1. The molecule has 0 aliphatic rings. The number of nitrogens with two attached hydrogens (primary N) is 1. The molecule has 5 nitrogen and oxygen atoms in total. The Kier molecular flexibility index (Phi) is 5.27. The highest BCUT2D eigenvalue weighted by molar-refractivity contribution is 5.95. The van der Waals surface area contributed by atoms with Crippen LogP contribution in [0.15, 0.2) is 54.6 Å². The lowest BCUT2D eigenvalue weighted by atomic mass is 10.1. The SMILES string of the molecule is C[C@@H](NCC(=O)Nc1ccc(C(N)=O)cc1)c1ccccc1. The molecule has 22 heavy (non-hydrogen) atoms. The van der Waals surface area contributed by atoms with E-state index in [1.807, 2.05) is 37.3 Å². The summed E-state index contributed by atoms with van der Waals surface area (Å²) in [5.74, 6) is -0.633. The fourth-order valence-corrected chi connectivity index (χ4v) is 2.03. The zero-order valence-corrected chi connectivity index (χ0v) is 12.4. The Morgan fingerprint density at radius 1 is 1.05 bits per heavy atom. The first kappa shape index (κ1) is 15.7. The van der Waals surface area contributed by atoms with Crippen molar-refractivity contribution in [3.63, 3.8) is 0 Å². The van der Waals surface area contributed by atoms with Gasteiger partial charge in [0.15, 0.2) is 0 Å². The zero-order chi connectivity index (χ0) is 15.9. The van der Waals surface area contributed by atoms with Crippen molar-refractivity contribution in [3.8, 4) is 0 Å². The molecule has 2 aromatic carbocycles. The monoisotopic (exact) mass is 297 g/mol. The standard InChI is InChI=1S/C17H19N3O2/c1-12(13-5-3-2-4-6-13)19-11-16(21)20-15-9-7-14(8-10-15)17(18)22/h2-10,12,19H,11H2,1H3,(H2,18,22)(H,20,21)/t12-/m1/s1. The van der Waals surface area contributed by atoms with E-state index in [9.17, 15) is 9.59 Å². The molecule has 0 saturated carbocycles. The van der Waals surface area contributed by atoms with Crippen LogP contribution in [0.4, 0.5) is 5.69 Å². The summed E-state index contributed by atoms with van der Waals surface area (Å²) < 4.78 is 0. The summed E-state index contributed by atoms with van der Waals surface area (Å²) in [7, 11) is 0. The molecule has 0 spiro atoms. The predicted octanol–water partition coefficient (Wildman–Crippen LogP) is 2.07. The Hall–Kier alpha value is -2.66. The topological polar surface area (TPSA) is 84.2 Å². The van der Waals surface area contributed by atoms with Gasteiger partial charge in [0.1, 0.15) is 0 Å². The third-order valence-electron chi connectivity index (χ3n) is 3.32. The van der Waals surface area contributed by atoms with E-state index >= 15 is 0 Å². The van der Waals surface area contributed by atoms with Crippen LogP contribution in [-0.4, -0.2) is 18.4 Å². The Morgan fingerprint density at radius 3 is 2.27 bits per heavy atom. The van der Waals surface area contributed by atoms with Crippen LogP contribution in [0.25, 0.3) is 0 Å². The molecule has 2 amide bonds. The number of nitrogens with one attached hydrogen (secondary N) is 2. The third kappa shape index (κ3) is 4.43. The van der Waals surface area contributed by atoms with Crippen molar-refractivity contribution in [2.45, 2.75) is 13.0 Å². The van der Waals surface area contributed by atoms with E-state index in [0.29, 0.717) is 11.3 Å². The minimum absolute atomic E-state index is 0.0872. The second-order valence-electron chi connectivity index (χ2n) is 5.00. The molecule has 1 atom stereocenters. The maximum absolute atomic E-state index is 11.9. The van der Waals surface area contributed by atoms with Crippen LogP contribution in [0, 0.1) is 0 Å². The summed E-state index contributed by atoms with van der Waals surface area (Å²) in [4.78, 5) is 22.9. The average Bonchev–Trinajstić information content (AvgIpc) is 2.54. The third-order valence-corrected chi connectivity index (χ3v) is 3.32. The molecular weight excluding hydrogens is 278 g/mol. The van der Waals surface area contributed by atoms with E-state index in [4.69, 9.17) is 5.73 Å². The lowest BCUT2D eigenvalue weighted by molar-refractivity contribution is -0.115. The van der Waals surface area contributed by atoms with Crippen molar-refractivity contribution < 1.29 is 9.59 Å². The summed E-state index contributed by atoms with van der Waals surface area (Å²) >= 11 is 0. The van der Waals surface area contributed by atoms with Gasteiger partial charge in [0.25, 0.3) is 0 Å². The van der Waals surface area contributed by atoms with E-state index < -0.39 is 5.91 Å². The number of carbonyl (C=O) groups excluding carboxylic acids is 2. The molecule has 0 saturated heterocycles. The zero-order valence-electron chi connectivity index (χ0n) is 12.4. The van der Waals surface area contributed by atoms with E-state index in [1.165, 1.54) is 0 Å². The molecule has 0 unspecified atom stereocenters. The molecule has 0 radical (unpaired) electrons. The van der Waals surface area contributed by atoms with Crippen molar-refractivity contribution in [1.82, 2.24) is 5.32 Å². The van der Waals surface area contributed by atoms with Gasteiger partial charge in [-0.05, 0) is 36.8 Å². The summed E-state index contributed by atoms with van der Waals surface area (Å²) in [6, 6.07) is 16.5. The number of amides is 2. The van der Waals surface area contributed by atoms with Crippen LogP contribution in [0.2, 0.25) is 0 Å². The Balaban J connectivity index is 1.84. The van der Waals surface area contributed by atoms with Crippen LogP contribution < -0.4 is 16.4 Å². The predicted molar refractivity (Wildman–Crippen MR) is 86.4 cm³/mol. The number of hydrogen-bond donors (Lipinski definition) is 3. The highest BCUT2D eigenvalue weighted by Crippen LogP contribution is 2.11. The largest absolute Gasteiger partial charge is 0.366 e. The van der Waals surface area contributed by atoms with Gasteiger partial charge in [-0.15, -0.1) is 0 Å². The van der Waals surface area contributed by atoms with Gasteiger partial charge in [0.05, 0.1) is 6.54 Å². The molecule has 2 rings (SSSR count). The smallest absolute Gasteiger partial charge is 0.248 e. The van der Waals surface area contributed by atoms with Gasteiger partial charge >= 0.3 is 0 Å². The number of rotatable bonds is 6. The molecule has 0 aliphatic carbocycles. The van der Waals surface area contributed by atoms with Gasteiger partial charge in [-0.2, -0.15) is 0 Å². The van der Waals surface area contributed by atoms with Gasteiger partial charge in [-0.25, -0.2) is 0 Å². The van der Waals surface area contributed by atoms with Gasteiger partial charge in [-0.1, -0.05) is 30.3 Å². The minimum Gasteiger partial charge on any atom is -0.366 e. The highest BCUT2D eigenvalue weighted by Gasteiger charge is 2.08. The van der Waals surface area contributed by atoms with Crippen LogP contribution in [0.5, 0.6) is 0 Å². The van der Waals surface area contributed by atoms with Gasteiger partial charge in [-0.3, -0.25) is 9.59 Å². The Morgan fingerprint density at radius 2 is 1.68 bits per heavy atom. The fraction of sp³-hybridized carbons (Fsp3) is 0.176. The Bertz CT molecular complexity index is 639. The maximum atomic E-state index is 11.9. The molecule has 4 N–H and O–H groups in total. The second-order valence-corrected chi connectivity index (χ2v) is 5.00. The molecule has 0 aliphatic heterocycles. The van der Waals surface area contributed by atoms with Crippen LogP contribution >= 0.6 is 0 Å². The van der Waals surface area contributed by atoms with Crippen LogP contribution in [-0.2, 0) is 4.79 Å². The number of carbonyl (C=O) groups is 2. The van der Waals surface area contributed by atoms with E-state index in [0.717, 1.165) is 5.56 Å². The molecule has 5 heteroatoms. The summed E-state index contributed by atoms with van der Waals surface area (Å²) in [5.41, 5.74) is 7.33. The lowest BCUT2D eigenvalue weighted by Gasteiger charge is -2.14. The average molecular weight is 297 g/mol. The quantitative estimate of drug-likeness (QED) is 0.763. The van der Waals surface area contributed by atoms with Gasteiger partial charge in [0.2, 0.25) is 11.8 Å². The maximum Gasteiger partial charge on any atom is 0.248 e. The summed E-state index contributed by atoms with van der Waals surface area (Å²) in [5, 5.41) is 5.92. The summed E-state index contributed by atoms with van der Waals surface area (Å²) in [6.45, 7) is 2.21. The molecule has 0 fully saturated rings. The van der Waals surface area contributed by atoms with Crippen molar-refractivity contribution >= 4 is 17.5 Å². The summed E-state index contributed by atoms with van der Waals surface area (Å²) in [6.07, 6.45) is 0. The number of benzene rings is 2. The molecule has 0 aromatic heterocycles. The minimum atomic E-state index is -0.490. The van der Waals surface area contributed by atoms with Crippen molar-refractivity contribution in [3.05, 3.63) is 65.7 Å². The molecule has 0 bridgehead atoms.